The van der Waals surface area contributed by atoms with Gasteiger partial charge in [0.2, 0.25) is 0 Å². The van der Waals surface area contributed by atoms with Gasteiger partial charge in [0.25, 0.3) is 0 Å². The highest BCUT2D eigenvalue weighted by Gasteiger charge is 2.07. The number of ether oxygens (including phenoxy) is 1. The van der Waals surface area contributed by atoms with Crippen LogP contribution in [0.2, 0.25) is 5.02 Å². The van der Waals surface area contributed by atoms with Crippen LogP contribution in [-0.4, -0.2) is 17.3 Å². The number of nitrogens with one attached hydrogen (secondary N) is 1. The molecule has 0 saturated carbocycles. The first-order valence-electron chi connectivity index (χ1n) is 8.21. The molecule has 0 amide bonds. The van der Waals surface area contributed by atoms with Crippen molar-refractivity contribution in [3.63, 3.8) is 0 Å². The summed E-state index contributed by atoms with van der Waals surface area (Å²) >= 11 is 6.27. The molecule has 27 heavy (non-hydrogen) atoms. The highest BCUT2D eigenvalue weighted by atomic mass is 35.5. The Bertz CT molecular complexity index is 959. The van der Waals surface area contributed by atoms with Crippen molar-refractivity contribution in [2.45, 2.75) is 6.61 Å². The average molecular weight is 381 g/mol. The van der Waals surface area contributed by atoms with Gasteiger partial charge in [-0.05, 0) is 41.5 Å². The number of hydrazone groups is 1. The van der Waals surface area contributed by atoms with Gasteiger partial charge in [-0.25, -0.2) is 4.79 Å². The molecule has 0 saturated heterocycles. The number of halogens is 1. The molecule has 0 spiro atoms. The van der Waals surface area contributed by atoms with Gasteiger partial charge in [-0.15, -0.1) is 0 Å². The third-order valence-electron chi connectivity index (χ3n) is 3.75. The molecule has 0 aliphatic rings. The van der Waals surface area contributed by atoms with Crippen molar-refractivity contribution in [2.24, 2.45) is 5.10 Å². The zero-order chi connectivity index (χ0) is 19.1. The Hall–Kier alpha value is -3.31. The van der Waals surface area contributed by atoms with E-state index in [-0.39, 0.29) is 5.56 Å². The summed E-state index contributed by atoms with van der Waals surface area (Å²) in [5.41, 5.74) is 5.11. The van der Waals surface area contributed by atoms with Gasteiger partial charge in [0.1, 0.15) is 12.4 Å². The molecule has 3 aromatic carbocycles. The molecule has 0 atom stereocenters. The van der Waals surface area contributed by atoms with Gasteiger partial charge < -0.3 is 9.84 Å². The zero-order valence-electron chi connectivity index (χ0n) is 14.3. The molecule has 3 rings (SSSR count). The van der Waals surface area contributed by atoms with Gasteiger partial charge in [-0.1, -0.05) is 54.1 Å². The van der Waals surface area contributed by atoms with Gasteiger partial charge >= 0.3 is 5.97 Å². The number of hydrogen-bond donors (Lipinski definition) is 2. The second-order valence-corrected chi connectivity index (χ2v) is 6.09. The first-order valence-corrected chi connectivity index (χ1v) is 8.59. The number of hydrogen-bond acceptors (Lipinski definition) is 4. The standard InChI is InChI=1S/C21H17ClN2O3/c22-18-12-16(10-11-20(18)27-14-15-6-2-1-3-7-15)13-23-24-19-9-5-4-8-17(19)21(25)26/h1-13,24H,14H2,(H,25,26). The fourth-order valence-electron chi connectivity index (χ4n) is 2.39. The lowest BCUT2D eigenvalue weighted by Gasteiger charge is -2.08. The molecule has 2 N–H and O–H groups in total. The Morgan fingerprint density at radius 3 is 2.56 bits per heavy atom. The van der Waals surface area contributed by atoms with Crippen LogP contribution in [0.3, 0.4) is 0 Å². The highest BCUT2D eigenvalue weighted by molar-refractivity contribution is 6.32. The van der Waals surface area contributed by atoms with E-state index in [4.69, 9.17) is 21.4 Å². The van der Waals surface area contributed by atoms with Gasteiger partial charge in [0.05, 0.1) is 22.5 Å². The third-order valence-corrected chi connectivity index (χ3v) is 4.04. The van der Waals surface area contributed by atoms with E-state index in [0.717, 1.165) is 11.1 Å². The summed E-state index contributed by atoms with van der Waals surface area (Å²) < 4.78 is 5.74. The molecule has 5 nitrogen and oxygen atoms in total. The third kappa shape index (κ3) is 5.09. The number of carbonyl (C=O) groups is 1. The summed E-state index contributed by atoms with van der Waals surface area (Å²) in [5.74, 6) is -0.432. The first-order chi connectivity index (χ1) is 13.1. The monoisotopic (exact) mass is 380 g/mol. The van der Waals surface area contributed by atoms with Crippen LogP contribution in [0, 0.1) is 0 Å². The quantitative estimate of drug-likeness (QED) is 0.443. The van der Waals surface area contributed by atoms with Crippen molar-refractivity contribution in [2.75, 3.05) is 5.43 Å². The molecule has 6 heteroatoms. The van der Waals surface area contributed by atoms with Gasteiger partial charge in [-0.2, -0.15) is 5.10 Å². The smallest absolute Gasteiger partial charge is 0.337 e. The van der Waals surface area contributed by atoms with E-state index in [0.29, 0.717) is 23.1 Å². The number of para-hydroxylation sites is 1. The molecular formula is C21H17ClN2O3. The van der Waals surface area contributed by atoms with Crippen molar-refractivity contribution >= 4 is 29.5 Å². The van der Waals surface area contributed by atoms with E-state index in [1.165, 1.54) is 6.07 Å². The largest absolute Gasteiger partial charge is 0.487 e. The number of anilines is 1. The van der Waals surface area contributed by atoms with Crippen LogP contribution in [0.5, 0.6) is 5.75 Å². The first kappa shape index (κ1) is 18.5. The topological polar surface area (TPSA) is 70.9 Å². The van der Waals surface area contributed by atoms with E-state index in [2.05, 4.69) is 10.5 Å². The normalized spacial score (nSPS) is 10.7. The Kier molecular flexibility index (Phi) is 6.07. The lowest BCUT2D eigenvalue weighted by Crippen LogP contribution is -2.02. The van der Waals surface area contributed by atoms with E-state index in [9.17, 15) is 4.79 Å². The van der Waals surface area contributed by atoms with Crippen molar-refractivity contribution in [3.8, 4) is 5.75 Å². The predicted molar refractivity (Wildman–Crippen MR) is 107 cm³/mol. The maximum atomic E-state index is 11.2. The number of nitrogens with zero attached hydrogens (tertiary/aromatic N) is 1. The van der Waals surface area contributed by atoms with Crippen LogP contribution in [0.4, 0.5) is 5.69 Å². The summed E-state index contributed by atoms with van der Waals surface area (Å²) in [4.78, 5) is 11.2. The fourth-order valence-corrected chi connectivity index (χ4v) is 2.64. The second kappa shape index (κ2) is 8.87. The minimum atomic E-state index is -1.02. The van der Waals surface area contributed by atoms with Crippen LogP contribution in [0.1, 0.15) is 21.5 Å². The van der Waals surface area contributed by atoms with E-state index in [1.807, 2.05) is 36.4 Å². The molecule has 0 bridgehead atoms. The van der Waals surface area contributed by atoms with Gasteiger partial charge in [0, 0.05) is 0 Å². The minimum absolute atomic E-state index is 0.150. The average Bonchev–Trinajstić information content (AvgIpc) is 2.68. The fraction of sp³-hybridized carbons (Fsp3) is 0.0476. The van der Waals surface area contributed by atoms with Gasteiger partial charge in [-0.3, -0.25) is 5.43 Å². The second-order valence-electron chi connectivity index (χ2n) is 5.68. The minimum Gasteiger partial charge on any atom is -0.487 e. The van der Waals surface area contributed by atoms with Crippen molar-refractivity contribution in [1.29, 1.82) is 0 Å². The van der Waals surface area contributed by atoms with Crippen LogP contribution in [0.15, 0.2) is 77.9 Å². The maximum absolute atomic E-state index is 11.2. The molecule has 0 unspecified atom stereocenters. The Morgan fingerprint density at radius 2 is 1.81 bits per heavy atom. The predicted octanol–water partition coefficient (Wildman–Crippen LogP) is 5.06. The number of rotatable bonds is 7. The Morgan fingerprint density at radius 1 is 1.07 bits per heavy atom. The maximum Gasteiger partial charge on any atom is 0.337 e. The lowest BCUT2D eigenvalue weighted by molar-refractivity contribution is 0.0698. The number of carboxylic acids is 1. The zero-order valence-corrected chi connectivity index (χ0v) is 15.1. The summed E-state index contributed by atoms with van der Waals surface area (Å²) in [6, 6.07) is 21.7. The van der Waals surface area contributed by atoms with Crippen molar-refractivity contribution in [3.05, 3.63) is 94.5 Å². The molecule has 0 aliphatic carbocycles. The lowest BCUT2D eigenvalue weighted by atomic mass is 10.2. The molecule has 0 fully saturated rings. The van der Waals surface area contributed by atoms with Crippen molar-refractivity contribution in [1.82, 2.24) is 0 Å². The summed E-state index contributed by atoms with van der Waals surface area (Å²) in [6.45, 7) is 0.432. The van der Waals surface area contributed by atoms with Gasteiger partial charge in [0.15, 0.2) is 0 Å². The SMILES string of the molecule is O=C(O)c1ccccc1NN=Cc1ccc(OCc2ccccc2)c(Cl)c1. The molecular weight excluding hydrogens is 364 g/mol. The van der Waals surface area contributed by atoms with Crippen LogP contribution < -0.4 is 10.2 Å². The highest BCUT2D eigenvalue weighted by Crippen LogP contribution is 2.26. The molecule has 0 aromatic heterocycles. The summed E-state index contributed by atoms with van der Waals surface area (Å²) in [6.07, 6.45) is 1.56. The number of aromatic carboxylic acids is 1. The molecule has 3 aromatic rings. The van der Waals surface area contributed by atoms with E-state index < -0.39 is 5.97 Å². The Labute approximate surface area is 161 Å². The summed E-state index contributed by atoms with van der Waals surface area (Å²) in [7, 11) is 0. The van der Waals surface area contributed by atoms with Crippen LogP contribution >= 0.6 is 11.6 Å². The molecule has 0 aliphatic heterocycles. The molecule has 0 radical (unpaired) electrons. The Balaban J connectivity index is 1.64. The summed E-state index contributed by atoms with van der Waals surface area (Å²) in [5, 5.41) is 13.7. The van der Waals surface area contributed by atoms with E-state index >= 15 is 0 Å². The van der Waals surface area contributed by atoms with Crippen molar-refractivity contribution < 1.29 is 14.6 Å². The van der Waals surface area contributed by atoms with E-state index in [1.54, 1.807) is 36.5 Å². The molecule has 136 valence electrons. The van der Waals surface area contributed by atoms with Crippen LogP contribution in [-0.2, 0) is 6.61 Å². The molecule has 0 heterocycles. The number of carboxylic acid groups (broad SMARTS) is 1. The van der Waals surface area contributed by atoms with Crippen LogP contribution in [0.25, 0.3) is 0 Å². The number of benzene rings is 3.